The minimum absolute atomic E-state index is 0.0433. The lowest BCUT2D eigenvalue weighted by Gasteiger charge is -2.09. The highest BCUT2D eigenvalue weighted by atomic mass is 35.5. The summed E-state index contributed by atoms with van der Waals surface area (Å²) in [5.41, 5.74) is 4.37. The molecule has 0 saturated heterocycles. The van der Waals surface area contributed by atoms with Crippen molar-refractivity contribution in [2.75, 3.05) is 19.0 Å². The van der Waals surface area contributed by atoms with Crippen LogP contribution in [0.1, 0.15) is 18.9 Å². The van der Waals surface area contributed by atoms with Crippen LogP contribution in [0.4, 0.5) is 5.69 Å². The second kappa shape index (κ2) is 10.3. The normalized spacial score (nSPS) is 10.9. The molecule has 2 aromatic carbocycles. The Bertz CT molecular complexity index is 866. The SMILES string of the molecule is COc1ccc(OCC(=O)N/N=C(/C)CC(=O)Nc2ccc(Cl)cc2C)cc1. The third kappa shape index (κ3) is 6.92. The molecule has 28 heavy (non-hydrogen) atoms. The number of hydrogen-bond acceptors (Lipinski definition) is 5. The number of methoxy groups -OCH3 is 1. The van der Waals surface area contributed by atoms with E-state index in [1.165, 1.54) is 0 Å². The molecular weight excluding hydrogens is 382 g/mol. The molecule has 0 aliphatic rings. The van der Waals surface area contributed by atoms with E-state index in [1.54, 1.807) is 56.5 Å². The molecule has 0 saturated carbocycles. The molecule has 0 heterocycles. The number of halogens is 1. The number of benzene rings is 2. The van der Waals surface area contributed by atoms with Gasteiger partial charge in [0.05, 0.1) is 13.5 Å². The van der Waals surface area contributed by atoms with Gasteiger partial charge in [-0.15, -0.1) is 0 Å². The molecule has 0 aliphatic carbocycles. The molecule has 0 spiro atoms. The summed E-state index contributed by atoms with van der Waals surface area (Å²) >= 11 is 5.90. The Balaban J connectivity index is 1.77. The fourth-order valence-electron chi connectivity index (χ4n) is 2.24. The van der Waals surface area contributed by atoms with Crippen molar-refractivity contribution < 1.29 is 19.1 Å². The summed E-state index contributed by atoms with van der Waals surface area (Å²) in [6, 6.07) is 12.1. The van der Waals surface area contributed by atoms with Crippen molar-refractivity contribution in [2.45, 2.75) is 20.3 Å². The van der Waals surface area contributed by atoms with Crippen LogP contribution in [0.5, 0.6) is 11.5 Å². The summed E-state index contributed by atoms with van der Waals surface area (Å²) in [5, 5.41) is 7.31. The van der Waals surface area contributed by atoms with Gasteiger partial charge in [0.25, 0.3) is 5.91 Å². The largest absolute Gasteiger partial charge is 0.497 e. The average molecular weight is 404 g/mol. The highest BCUT2D eigenvalue weighted by Crippen LogP contribution is 2.19. The highest BCUT2D eigenvalue weighted by Gasteiger charge is 2.08. The van der Waals surface area contributed by atoms with Crippen molar-refractivity contribution in [2.24, 2.45) is 5.10 Å². The number of hydrazone groups is 1. The van der Waals surface area contributed by atoms with E-state index in [9.17, 15) is 9.59 Å². The Morgan fingerprint density at radius 3 is 2.39 bits per heavy atom. The Kier molecular flexibility index (Phi) is 7.83. The van der Waals surface area contributed by atoms with Crippen molar-refractivity contribution in [3.63, 3.8) is 0 Å². The molecule has 0 aliphatic heterocycles. The zero-order valence-corrected chi connectivity index (χ0v) is 16.7. The van der Waals surface area contributed by atoms with Crippen molar-refractivity contribution in [1.29, 1.82) is 0 Å². The van der Waals surface area contributed by atoms with Gasteiger partial charge in [0.15, 0.2) is 6.61 Å². The molecule has 7 nitrogen and oxygen atoms in total. The van der Waals surface area contributed by atoms with E-state index < -0.39 is 5.91 Å². The van der Waals surface area contributed by atoms with Crippen LogP contribution in [0.3, 0.4) is 0 Å². The fraction of sp³-hybridized carbons (Fsp3) is 0.250. The molecule has 0 aromatic heterocycles. The van der Waals surface area contributed by atoms with Crippen LogP contribution in [0.2, 0.25) is 5.02 Å². The Morgan fingerprint density at radius 1 is 1.07 bits per heavy atom. The number of aryl methyl sites for hydroxylation is 1. The van der Waals surface area contributed by atoms with Gasteiger partial charge in [-0.2, -0.15) is 5.10 Å². The molecule has 8 heteroatoms. The monoisotopic (exact) mass is 403 g/mol. The molecule has 0 bridgehead atoms. The summed E-state index contributed by atoms with van der Waals surface area (Å²) in [4.78, 5) is 23.9. The predicted octanol–water partition coefficient (Wildman–Crippen LogP) is 3.56. The molecule has 2 amide bonds. The number of anilines is 1. The fourth-order valence-corrected chi connectivity index (χ4v) is 2.47. The van der Waals surface area contributed by atoms with E-state index in [0.29, 0.717) is 27.9 Å². The molecular formula is C20H22ClN3O4. The van der Waals surface area contributed by atoms with Gasteiger partial charge in [0, 0.05) is 16.4 Å². The maximum atomic E-state index is 12.1. The summed E-state index contributed by atoms with van der Waals surface area (Å²) in [7, 11) is 1.57. The van der Waals surface area contributed by atoms with Gasteiger partial charge >= 0.3 is 0 Å². The van der Waals surface area contributed by atoms with Crippen LogP contribution in [0.15, 0.2) is 47.6 Å². The topological polar surface area (TPSA) is 89.0 Å². The van der Waals surface area contributed by atoms with E-state index in [2.05, 4.69) is 15.8 Å². The second-order valence-electron chi connectivity index (χ2n) is 6.03. The minimum atomic E-state index is -0.427. The van der Waals surface area contributed by atoms with E-state index in [4.69, 9.17) is 21.1 Å². The number of carbonyl (C=O) groups excluding carboxylic acids is 2. The van der Waals surface area contributed by atoms with Crippen LogP contribution >= 0.6 is 11.6 Å². The summed E-state index contributed by atoms with van der Waals surface area (Å²) < 4.78 is 10.4. The third-order valence-electron chi connectivity index (χ3n) is 3.68. The van der Waals surface area contributed by atoms with Gasteiger partial charge in [-0.1, -0.05) is 11.6 Å². The van der Waals surface area contributed by atoms with E-state index in [-0.39, 0.29) is 18.9 Å². The first-order valence-electron chi connectivity index (χ1n) is 8.52. The molecule has 2 aromatic rings. The number of nitrogens with one attached hydrogen (secondary N) is 2. The van der Waals surface area contributed by atoms with E-state index in [0.717, 1.165) is 5.56 Å². The van der Waals surface area contributed by atoms with Gasteiger partial charge < -0.3 is 14.8 Å². The zero-order chi connectivity index (χ0) is 20.5. The summed E-state index contributed by atoms with van der Waals surface area (Å²) in [5.74, 6) is 0.568. The highest BCUT2D eigenvalue weighted by molar-refractivity contribution is 6.30. The maximum absolute atomic E-state index is 12.1. The van der Waals surface area contributed by atoms with Gasteiger partial charge in [-0.3, -0.25) is 9.59 Å². The predicted molar refractivity (Wildman–Crippen MR) is 109 cm³/mol. The number of ether oxygens (including phenoxy) is 2. The van der Waals surface area contributed by atoms with Crippen LogP contribution in [0.25, 0.3) is 0 Å². The summed E-state index contributed by atoms with van der Waals surface area (Å²) in [6.07, 6.45) is 0.0433. The van der Waals surface area contributed by atoms with Crippen LogP contribution in [-0.4, -0.2) is 31.2 Å². The molecule has 0 atom stereocenters. The lowest BCUT2D eigenvalue weighted by molar-refractivity contribution is -0.123. The van der Waals surface area contributed by atoms with Gasteiger partial charge in [-0.05, 0) is 61.9 Å². The average Bonchev–Trinajstić information content (AvgIpc) is 2.67. The molecule has 0 unspecified atom stereocenters. The Morgan fingerprint density at radius 2 is 1.75 bits per heavy atom. The van der Waals surface area contributed by atoms with E-state index in [1.807, 2.05) is 6.92 Å². The Labute approximate surface area is 168 Å². The Hall–Kier alpha value is -3.06. The number of hydrogen-bond donors (Lipinski definition) is 2. The number of nitrogens with zero attached hydrogens (tertiary/aromatic N) is 1. The standard InChI is InChI=1S/C20H22ClN3O4/c1-13-10-15(21)4-9-18(13)22-19(25)11-14(2)23-24-20(26)12-28-17-7-5-16(27-3)6-8-17/h4-10H,11-12H2,1-3H3,(H,22,25)(H,24,26)/b23-14-. The van der Waals surface area contributed by atoms with Crippen molar-refractivity contribution in [3.05, 3.63) is 53.1 Å². The van der Waals surface area contributed by atoms with Crippen LogP contribution < -0.4 is 20.2 Å². The number of rotatable bonds is 8. The first-order chi connectivity index (χ1) is 13.4. The maximum Gasteiger partial charge on any atom is 0.277 e. The van der Waals surface area contributed by atoms with Crippen molar-refractivity contribution in [1.82, 2.24) is 5.43 Å². The van der Waals surface area contributed by atoms with Gasteiger partial charge in [-0.25, -0.2) is 5.43 Å². The van der Waals surface area contributed by atoms with Crippen LogP contribution in [-0.2, 0) is 9.59 Å². The van der Waals surface area contributed by atoms with Crippen molar-refractivity contribution in [3.8, 4) is 11.5 Å². The lowest BCUT2D eigenvalue weighted by Crippen LogP contribution is -2.26. The van der Waals surface area contributed by atoms with Crippen molar-refractivity contribution >= 4 is 34.8 Å². The van der Waals surface area contributed by atoms with Gasteiger partial charge in [0.2, 0.25) is 5.91 Å². The zero-order valence-electron chi connectivity index (χ0n) is 15.9. The molecule has 0 fully saturated rings. The van der Waals surface area contributed by atoms with Crippen LogP contribution in [0, 0.1) is 6.92 Å². The number of carbonyl (C=O) groups is 2. The quantitative estimate of drug-likeness (QED) is 0.521. The van der Waals surface area contributed by atoms with E-state index >= 15 is 0 Å². The first-order valence-corrected chi connectivity index (χ1v) is 8.90. The summed E-state index contributed by atoms with van der Waals surface area (Å²) in [6.45, 7) is 3.31. The van der Waals surface area contributed by atoms with Gasteiger partial charge in [0.1, 0.15) is 11.5 Å². The smallest absolute Gasteiger partial charge is 0.277 e. The molecule has 2 N–H and O–H groups in total. The lowest BCUT2D eigenvalue weighted by atomic mass is 10.2. The first kappa shape index (κ1) is 21.2. The minimum Gasteiger partial charge on any atom is -0.497 e. The third-order valence-corrected chi connectivity index (χ3v) is 3.91. The second-order valence-corrected chi connectivity index (χ2v) is 6.47. The number of amides is 2. The molecule has 148 valence electrons. The molecule has 0 radical (unpaired) electrons. The molecule has 2 rings (SSSR count).